The Morgan fingerprint density at radius 3 is 2.03 bits per heavy atom. The van der Waals surface area contributed by atoms with Crippen molar-refractivity contribution in [2.24, 2.45) is 0 Å². The zero-order valence-electron chi connectivity index (χ0n) is 21.6. The number of fused-ring (bicyclic) bond motifs is 2. The predicted molar refractivity (Wildman–Crippen MR) is 159 cm³/mol. The molecule has 0 bridgehead atoms. The number of aromatic nitrogens is 1. The first-order valence-corrected chi connectivity index (χ1v) is 15.4. The Morgan fingerprint density at radius 1 is 0.730 bits per heavy atom. The van der Waals surface area contributed by atoms with Crippen molar-refractivity contribution in [1.29, 1.82) is 0 Å². The van der Waals surface area contributed by atoms with Gasteiger partial charge < -0.3 is 4.42 Å². The SMILES string of the molecule is CC[Si](c1ccccc1)(c1ccccc1)c1cc2ccnc(-c3cc(C(C)C)c4ccccc4c3)c2o1. The van der Waals surface area contributed by atoms with E-state index in [-0.39, 0.29) is 0 Å². The predicted octanol–water partition coefficient (Wildman–Crippen LogP) is 7.26. The minimum absolute atomic E-state index is 0.410. The molecule has 0 unspecified atom stereocenters. The lowest BCUT2D eigenvalue weighted by molar-refractivity contribution is 0.648. The van der Waals surface area contributed by atoms with Crippen LogP contribution in [-0.2, 0) is 0 Å². The number of hydrogen-bond donors (Lipinski definition) is 0. The van der Waals surface area contributed by atoms with Gasteiger partial charge in [-0.15, -0.1) is 0 Å². The summed E-state index contributed by atoms with van der Waals surface area (Å²) in [6, 6.07) is 40.4. The molecule has 6 aromatic rings. The van der Waals surface area contributed by atoms with Crippen LogP contribution in [0.2, 0.25) is 6.04 Å². The van der Waals surface area contributed by atoms with Gasteiger partial charge in [-0.25, -0.2) is 0 Å². The summed E-state index contributed by atoms with van der Waals surface area (Å²) in [5, 5.41) is 7.47. The molecule has 0 saturated carbocycles. The van der Waals surface area contributed by atoms with Crippen molar-refractivity contribution in [3.63, 3.8) is 0 Å². The van der Waals surface area contributed by atoms with Crippen molar-refractivity contribution in [2.45, 2.75) is 32.7 Å². The van der Waals surface area contributed by atoms with E-state index in [9.17, 15) is 0 Å². The van der Waals surface area contributed by atoms with Crippen LogP contribution >= 0.6 is 0 Å². The standard InChI is InChI=1S/C34H31NOSi/c1-4-37(28-14-7-5-8-15-28,29-16-9-6-10-17-29)32-23-26-19-20-35-33(34(26)36-32)27-21-25-13-11-12-18-30(25)31(22-27)24(2)3/h5-24H,4H2,1-3H3. The molecule has 0 spiro atoms. The molecule has 0 aliphatic heterocycles. The van der Waals surface area contributed by atoms with Gasteiger partial charge in [0.1, 0.15) is 5.69 Å². The van der Waals surface area contributed by atoms with Gasteiger partial charge in [0.05, 0.1) is 5.38 Å². The molecule has 2 heterocycles. The lowest BCUT2D eigenvalue weighted by atomic mass is 9.92. The summed E-state index contributed by atoms with van der Waals surface area (Å²) < 4.78 is 6.93. The van der Waals surface area contributed by atoms with E-state index in [2.05, 4.69) is 130 Å². The average Bonchev–Trinajstić information content (AvgIpc) is 3.39. The molecule has 6 rings (SSSR count). The van der Waals surface area contributed by atoms with Crippen molar-refractivity contribution in [1.82, 2.24) is 4.98 Å². The van der Waals surface area contributed by atoms with Crippen LogP contribution in [0.1, 0.15) is 32.3 Å². The molecule has 37 heavy (non-hydrogen) atoms. The number of benzene rings is 4. The number of furan rings is 1. The fourth-order valence-corrected chi connectivity index (χ4v) is 10.1. The fraction of sp³-hybridized carbons (Fsp3) is 0.147. The summed E-state index contributed by atoms with van der Waals surface area (Å²) in [6.07, 6.45) is 1.92. The van der Waals surface area contributed by atoms with E-state index >= 15 is 0 Å². The normalized spacial score (nSPS) is 12.0. The first-order chi connectivity index (χ1) is 18.1. The van der Waals surface area contributed by atoms with E-state index in [1.54, 1.807) is 0 Å². The lowest BCUT2D eigenvalue weighted by Gasteiger charge is -2.29. The number of nitrogens with zero attached hydrogens (tertiary/aromatic N) is 1. The molecule has 2 aromatic heterocycles. The Labute approximate surface area is 219 Å². The third-order valence-corrected chi connectivity index (χ3v) is 12.5. The van der Waals surface area contributed by atoms with Gasteiger partial charge in [-0.05, 0) is 62.9 Å². The topological polar surface area (TPSA) is 26.0 Å². The highest BCUT2D eigenvalue weighted by Gasteiger charge is 2.41. The van der Waals surface area contributed by atoms with Crippen molar-refractivity contribution in [3.05, 3.63) is 121 Å². The summed E-state index contributed by atoms with van der Waals surface area (Å²) in [5.41, 5.74) is 4.23. The van der Waals surface area contributed by atoms with Crippen LogP contribution in [0.15, 0.2) is 120 Å². The van der Waals surface area contributed by atoms with E-state index in [0.29, 0.717) is 5.92 Å². The van der Waals surface area contributed by atoms with Gasteiger partial charge in [0.25, 0.3) is 0 Å². The highest BCUT2D eigenvalue weighted by atomic mass is 28.3. The molecule has 3 heteroatoms. The Balaban J connectivity index is 1.61. The maximum atomic E-state index is 6.93. The van der Waals surface area contributed by atoms with Crippen molar-refractivity contribution in [2.75, 3.05) is 0 Å². The van der Waals surface area contributed by atoms with Crippen LogP contribution in [0.25, 0.3) is 33.0 Å². The lowest BCUT2D eigenvalue weighted by Crippen LogP contribution is -2.66. The number of hydrogen-bond acceptors (Lipinski definition) is 2. The molecule has 0 N–H and O–H groups in total. The minimum atomic E-state index is -2.37. The zero-order chi connectivity index (χ0) is 25.4. The molecule has 0 fully saturated rings. The molecule has 182 valence electrons. The molecule has 2 nitrogen and oxygen atoms in total. The average molecular weight is 498 g/mol. The molecule has 0 aliphatic carbocycles. The third-order valence-electron chi connectivity index (χ3n) is 7.71. The highest BCUT2D eigenvalue weighted by molar-refractivity contribution is 7.10. The van der Waals surface area contributed by atoms with Crippen molar-refractivity contribution < 1.29 is 4.42 Å². The molecule has 0 radical (unpaired) electrons. The van der Waals surface area contributed by atoms with E-state index in [0.717, 1.165) is 33.7 Å². The second-order valence-corrected chi connectivity index (χ2v) is 14.3. The van der Waals surface area contributed by atoms with Gasteiger partial charge in [-0.1, -0.05) is 106 Å². The minimum Gasteiger partial charge on any atom is -0.463 e. The van der Waals surface area contributed by atoms with E-state index in [1.807, 2.05) is 6.20 Å². The maximum absolute atomic E-state index is 6.93. The molecule has 0 saturated heterocycles. The Hall–Kier alpha value is -3.95. The van der Waals surface area contributed by atoms with E-state index in [4.69, 9.17) is 9.40 Å². The zero-order valence-corrected chi connectivity index (χ0v) is 22.6. The van der Waals surface area contributed by atoms with Gasteiger partial charge in [-0.2, -0.15) is 0 Å². The van der Waals surface area contributed by atoms with Crippen molar-refractivity contribution in [3.8, 4) is 11.3 Å². The molecular weight excluding hydrogens is 466 g/mol. The summed E-state index contributed by atoms with van der Waals surface area (Å²) >= 11 is 0. The van der Waals surface area contributed by atoms with Gasteiger partial charge in [-0.3, -0.25) is 4.98 Å². The summed E-state index contributed by atoms with van der Waals surface area (Å²) in [4.78, 5) is 4.87. The van der Waals surface area contributed by atoms with Crippen LogP contribution in [0, 0.1) is 0 Å². The monoisotopic (exact) mass is 497 g/mol. The Bertz CT molecular complexity index is 1650. The van der Waals surface area contributed by atoms with Crippen LogP contribution in [0.5, 0.6) is 0 Å². The van der Waals surface area contributed by atoms with Gasteiger partial charge in [0.2, 0.25) is 0 Å². The molecule has 0 atom stereocenters. The second kappa shape index (κ2) is 9.49. The fourth-order valence-electron chi connectivity index (χ4n) is 5.81. The first-order valence-electron chi connectivity index (χ1n) is 13.1. The van der Waals surface area contributed by atoms with Crippen LogP contribution in [0.4, 0.5) is 0 Å². The Kier molecular flexibility index (Phi) is 6.01. The first kappa shape index (κ1) is 23.4. The van der Waals surface area contributed by atoms with Gasteiger partial charge >= 0.3 is 0 Å². The number of rotatable bonds is 6. The van der Waals surface area contributed by atoms with Crippen LogP contribution in [-0.4, -0.2) is 13.1 Å². The third kappa shape index (κ3) is 3.91. The second-order valence-electron chi connectivity index (χ2n) is 10.1. The number of pyridine rings is 1. The largest absolute Gasteiger partial charge is 0.463 e. The summed E-state index contributed by atoms with van der Waals surface area (Å²) in [6.45, 7) is 6.81. The summed E-state index contributed by atoms with van der Waals surface area (Å²) in [7, 11) is -2.37. The van der Waals surface area contributed by atoms with Crippen LogP contribution in [0.3, 0.4) is 0 Å². The van der Waals surface area contributed by atoms with E-state index in [1.165, 1.54) is 26.7 Å². The molecule has 0 aliphatic rings. The van der Waals surface area contributed by atoms with E-state index < -0.39 is 8.07 Å². The molecular formula is C34H31NOSi. The molecule has 0 amide bonds. The maximum Gasteiger partial charge on any atom is 0.192 e. The smallest absolute Gasteiger partial charge is 0.192 e. The van der Waals surface area contributed by atoms with Gasteiger partial charge in [0.15, 0.2) is 13.7 Å². The van der Waals surface area contributed by atoms with Gasteiger partial charge in [0, 0.05) is 17.1 Å². The highest BCUT2D eigenvalue weighted by Crippen LogP contribution is 2.34. The summed E-state index contributed by atoms with van der Waals surface area (Å²) in [5.74, 6) is 0.410. The van der Waals surface area contributed by atoms with Crippen molar-refractivity contribution >= 4 is 45.6 Å². The van der Waals surface area contributed by atoms with Crippen LogP contribution < -0.4 is 15.8 Å². The Morgan fingerprint density at radius 2 is 1.38 bits per heavy atom. The molecule has 4 aromatic carbocycles. The quantitative estimate of drug-likeness (QED) is 0.226.